The van der Waals surface area contributed by atoms with E-state index in [1.165, 1.54) is 6.20 Å². The minimum atomic E-state index is -0.144. The van der Waals surface area contributed by atoms with Crippen molar-refractivity contribution in [2.75, 3.05) is 13.1 Å². The monoisotopic (exact) mass is 253 g/mol. The third-order valence-electron chi connectivity index (χ3n) is 3.14. The number of piperidine rings is 1. The van der Waals surface area contributed by atoms with Crippen molar-refractivity contribution in [3.63, 3.8) is 0 Å². The number of aromatic nitrogens is 1. The molecular weight excluding hydrogens is 238 g/mol. The summed E-state index contributed by atoms with van der Waals surface area (Å²) in [4.78, 5) is 16.0. The van der Waals surface area contributed by atoms with E-state index in [1.54, 1.807) is 12.3 Å². The Labute approximate surface area is 106 Å². The molecule has 1 aliphatic rings. The second kappa shape index (κ2) is 5.02. The average Bonchev–Trinajstić information content (AvgIpc) is 2.29. The van der Waals surface area contributed by atoms with Crippen LogP contribution in [0.15, 0.2) is 18.5 Å². The van der Waals surface area contributed by atoms with Gasteiger partial charge in [-0.2, -0.15) is 0 Å². The van der Waals surface area contributed by atoms with E-state index >= 15 is 0 Å². The van der Waals surface area contributed by atoms with Gasteiger partial charge in [-0.3, -0.25) is 9.78 Å². The molecule has 0 bridgehead atoms. The van der Waals surface area contributed by atoms with Gasteiger partial charge in [-0.1, -0.05) is 11.6 Å². The van der Waals surface area contributed by atoms with Crippen molar-refractivity contribution < 1.29 is 4.79 Å². The van der Waals surface area contributed by atoms with Gasteiger partial charge in [0, 0.05) is 17.9 Å². The molecule has 1 fully saturated rings. The predicted octanol–water partition coefficient (Wildman–Crippen LogP) is 1.61. The largest absolute Gasteiger partial charge is 0.347 e. The zero-order chi connectivity index (χ0) is 12.3. The van der Waals surface area contributed by atoms with Crippen LogP contribution in [0.3, 0.4) is 0 Å². The van der Waals surface area contributed by atoms with Gasteiger partial charge in [0.15, 0.2) is 0 Å². The zero-order valence-corrected chi connectivity index (χ0v) is 10.5. The van der Waals surface area contributed by atoms with E-state index in [4.69, 9.17) is 11.6 Å². The highest BCUT2D eigenvalue weighted by Crippen LogP contribution is 2.20. The highest BCUT2D eigenvalue weighted by Gasteiger charge is 2.29. The molecule has 1 aromatic rings. The lowest BCUT2D eigenvalue weighted by molar-refractivity contribution is 0.0887. The van der Waals surface area contributed by atoms with Crippen LogP contribution in [0.1, 0.15) is 30.1 Å². The molecule has 1 amide bonds. The van der Waals surface area contributed by atoms with Gasteiger partial charge in [-0.15, -0.1) is 0 Å². The molecule has 0 spiro atoms. The number of rotatable bonds is 2. The van der Waals surface area contributed by atoms with Gasteiger partial charge < -0.3 is 10.6 Å². The number of nitrogens with one attached hydrogen (secondary N) is 2. The highest BCUT2D eigenvalue weighted by atomic mass is 35.5. The highest BCUT2D eigenvalue weighted by molar-refractivity contribution is 6.33. The van der Waals surface area contributed by atoms with Crippen LogP contribution in [0.4, 0.5) is 0 Å². The van der Waals surface area contributed by atoms with E-state index < -0.39 is 0 Å². The molecule has 0 saturated carbocycles. The number of hydrogen-bond acceptors (Lipinski definition) is 3. The second-order valence-electron chi connectivity index (χ2n) is 4.62. The fourth-order valence-electron chi connectivity index (χ4n) is 2.00. The number of pyridine rings is 1. The van der Waals surface area contributed by atoms with Crippen molar-refractivity contribution in [1.29, 1.82) is 0 Å². The first-order chi connectivity index (χ1) is 8.11. The smallest absolute Gasteiger partial charge is 0.253 e. The van der Waals surface area contributed by atoms with Gasteiger partial charge >= 0.3 is 0 Å². The normalized spacial score (nSPS) is 18.7. The summed E-state index contributed by atoms with van der Waals surface area (Å²) < 4.78 is 0. The van der Waals surface area contributed by atoms with E-state index in [2.05, 4.69) is 22.5 Å². The molecule has 0 aliphatic carbocycles. The second-order valence-corrected chi connectivity index (χ2v) is 5.03. The molecule has 0 radical (unpaired) electrons. The lowest BCUT2D eigenvalue weighted by atomic mass is 9.90. The summed E-state index contributed by atoms with van der Waals surface area (Å²) in [7, 11) is 0. The summed E-state index contributed by atoms with van der Waals surface area (Å²) in [5.74, 6) is -0.123. The number of carbonyl (C=O) groups excluding carboxylic acids is 1. The van der Waals surface area contributed by atoms with Crippen LogP contribution in [0.25, 0.3) is 0 Å². The standard InChI is InChI=1S/C12H16ClN3O/c1-12(3-6-14-7-4-12)16-11(17)9-2-5-15-8-10(9)13/h2,5,8,14H,3-4,6-7H2,1H3,(H,16,17). The van der Waals surface area contributed by atoms with Crippen LogP contribution in [-0.4, -0.2) is 29.5 Å². The van der Waals surface area contributed by atoms with Crippen molar-refractivity contribution in [3.05, 3.63) is 29.0 Å². The molecule has 0 aromatic carbocycles. The number of carbonyl (C=O) groups is 1. The Hall–Kier alpha value is -1.13. The SMILES string of the molecule is CC1(NC(=O)c2ccncc2Cl)CCNCC1. The van der Waals surface area contributed by atoms with Crippen LogP contribution in [0.5, 0.6) is 0 Å². The number of amides is 1. The van der Waals surface area contributed by atoms with Crippen LogP contribution in [-0.2, 0) is 0 Å². The van der Waals surface area contributed by atoms with Gasteiger partial charge in [-0.25, -0.2) is 0 Å². The summed E-state index contributed by atoms with van der Waals surface area (Å²) in [5, 5.41) is 6.73. The Balaban J connectivity index is 2.09. The quantitative estimate of drug-likeness (QED) is 0.842. The summed E-state index contributed by atoms with van der Waals surface area (Å²) in [6, 6.07) is 1.64. The summed E-state index contributed by atoms with van der Waals surface area (Å²) in [5.41, 5.74) is 0.344. The fourth-order valence-corrected chi connectivity index (χ4v) is 2.21. The maximum atomic E-state index is 12.1. The van der Waals surface area contributed by atoms with Crippen molar-refractivity contribution in [2.45, 2.75) is 25.3 Å². The fraction of sp³-hybridized carbons (Fsp3) is 0.500. The molecule has 92 valence electrons. The molecule has 1 aromatic heterocycles. The average molecular weight is 254 g/mol. The maximum Gasteiger partial charge on any atom is 0.253 e. The van der Waals surface area contributed by atoms with E-state index in [9.17, 15) is 4.79 Å². The Bertz CT molecular complexity index is 416. The van der Waals surface area contributed by atoms with Crippen LogP contribution in [0.2, 0.25) is 5.02 Å². The number of halogens is 1. The predicted molar refractivity (Wildman–Crippen MR) is 67.2 cm³/mol. The molecule has 0 atom stereocenters. The Morgan fingerprint density at radius 3 is 2.88 bits per heavy atom. The van der Waals surface area contributed by atoms with Gasteiger partial charge in [-0.05, 0) is 38.9 Å². The number of nitrogens with zero attached hydrogens (tertiary/aromatic N) is 1. The van der Waals surface area contributed by atoms with E-state index in [0.717, 1.165) is 25.9 Å². The Morgan fingerprint density at radius 1 is 1.53 bits per heavy atom. The minimum Gasteiger partial charge on any atom is -0.347 e. The third kappa shape index (κ3) is 2.96. The number of hydrogen-bond donors (Lipinski definition) is 2. The minimum absolute atomic E-state index is 0.123. The van der Waals surface area contributed by atoms with Crippen LogP contribution >= 0.6 is 11.6 Å². The summed E-state index contributed by atoms with van der Waals surface area (Å²) in [6.45, 7) is 3.93. The first-order valence-corrected chi connectivity index (χ1v) is 6.11. The van der Waals surface area contributed by atoms with Crippen molar-refractivity contribution in [3.8, 4) is 0 Å². The first-order valence-electron chi connectivity index (χ1n) is 5.73. The lowest BCUT2D eigenvalue weighted by Gasteiger charge is -2.35. The van der Waals surface area contributed by atoms with Crippen molar-refractivity contribution in [2.24, 2.45) is 0 Å². The molecule has 5 heteroatoms. The molecule has 1 saturated heterocycles. The summed E-state index contributed by atoms with van der Waals surface area (Å²) in [6.07, 6.45) is 4.93. The topological polar surface area (TPSA) is 54.0 Å². The molecule has 2 heterocycles. The lowest BCUT2D eigenvalue weighted by Crippen LogP contribution is -2.52. The molecule has 0 unspecified atom stereocenters. The zero-order valence-electron chi connectivity index (χ0n) is 9.79. The van der Waals surface area contributed by atoms with Crippen LogP contribution < -0.4 is 10.6 Å². The molecule has 4 nitrogen and oxygen atoms in total. The van der Waals surface area contributed by atoms with Gasteiger partial charge in [0.2, 0.25) is 0 Å². The van der Waals surface area contributed by atoms with Crippen molar-refractivity contribution >= 4 is 17.5 Å². The maximum absolute atomic E-state index is 12.1. The van der Waals surface area contributed by atoms with Crippen molar-refractivity contribution in [1.82, 2.24) is 15.6 Å². The van der Waals surface area contributed by atoms with E-state index in [0.29, 0.717) is 10.6 Å². The molecule has 2 N–H and O–H groups in total. The third-order valence-corrected chi connectivity index (χ3v) is 3.44. The van der Waals surface area contributed by atoms with Gasteiger partial charge in [0.05, 0.1) is 10.6 Å². The van der Waals surface area contributed by atoms with Crippen LogP contribution in [0, 0.1) is 0 Å². The molecule has 1 aliphatic heterocycles. The van der Waals surface area contributed by atoms with E-state index in [1.807, 2.05) is 0 Å². The van der Waals surface area contributed by atoms with Gasteiger partial charge in [0.1, 0.15) is 0 Å². The first kappa shape index (κ1) is 12.3. The summed E-state index contributed by atoms with van der Waals surface area (Å²) >= 11 is 5.95. The Kier molecular flexibility index (Phi) is 3.64. The molecule has 2 rings (SSSR count). The molecular formula is C12H16ClN3O. The Morgan fingerprint density at radius 2 is 2.24 bits per heavy atom. The van der Waals surface area contributed by atoms with Gasteiger partial charge in [0.25, 0.3) is 5.91 Å². The van der Waals surface area contributed by atoms with E-state index in [-0.39, 0.29) is 11.4 Å². The molecule has 17 heavy (non-hydrogen) atoms.